The summed E-state index contributed by atoms with van der Waals surface area (Å²) in [6.07, 6.45) is 3.94. The van der Waals surface area contributed by atoms with Crippen molar-refractivity contribution in [3.05, 3.63) is 82.7 Å². The Morgan fingerprint density at radius 1 is 0.593 bits per heavy atom. The molecule has 2 aromatic rings. The number of fused-ring (bicyclic) bond motifs is 2. The van der Waals surface area contributed by atoms with Crippen LogP contribution in [0.25, 0.3) is 10.6 Å². The zero-order valence-electron chi connectivity index (χ0n) is 15.9. The Labute approximate surface area is 171 Å². The molecule has 0 N–H and O–H groups in total. The number of benzene rings is 2. The fraction of sp³-hybridized carbons (Fsp3) is 0.182. The second-order valence-corrected chi connectivity index (χ2v) is 6.28. The zero-order chi connectivity index (χ0) is 18.5. The second-order valence-electron chi connectivity index (χ2n) is 6.28. The molecule has 0 aliphatic carbocycles. The summed E-state index contributed by atoms with van der Waals surface area (Å²) in [5, 5.41) is 9.43. The van der Waals surface area contributed by atoms with Crippen molar-refractivity contribution in [2.45, 2.75) is 27.7 Å². The minimum Gasteiger partial charge on any atom is -0.660 e. The van der Waals surface area contributed by atoms with Crippen molar-refractivity contribution in [1.82, 2.24) is 0 Å². The SMILES string of the molecule is CC1=Nc2ccccc2[N-]/C(C)=C\C(C)=Nc2ccccc2[N-]/C(C)=C\1.[Ni+2]. The predicted octanol–water partition coefficient (Wildman–Crippen LogP) is 7.40. The Balaban J connectivity index is 0.00000261. The van der Waals surface area contributed by atoms with Crippen molar-refractivity contribution in [2.75, 3.05) is 0 Å². The summed E-state index contributed by atoms with van der Waals surface area (Å²) < 4.78 is 0. The van der Waals surface area contributed by atoms with Gasteiger partial charge in [-0.2, -0.15) is 11.4 Å². The Morgan fingerprint density at radius 2 is 0.963 bits per heavy atom. The van der Waals surface area contributed by atoms with Crippen molar-refractivity contribution in [1.29, 1.82) is 0 Å². The summed E-state index contributed by atoms with van der Waals surface area (Å²) in [6, 6.07) is 15.8. The predicted molar refractivity (Wildman–Crippen MR) is 112 cm³/mol. The van der Waals surface area contributed by atoms with Crippen LogP contribution in [0.3, 0.4) is 0 Å². The van der Waals surface area contributed by atoms with E-state index in [1.165, 1.54) is 0 Å². The number of allylic oxidation sites excluding steroid dienone is 4. The van der Waals surface area contributed by atoms with E-state index in [1.807, 2.05) is 88.4 Å². The van der Waals surface area contributed by atoms with Crippen LogP contribution in [0.5, 0.6) is 0 Å². The van der Waals surface area contributed by atoms with Crippen molar-refractivity contribution in [3.63, 3.8) is 0 Å². The number of rotatable bonds is 0. The van der Waals surface area contributed by atoms with Gasteiger partial charge in [-0.1, -0.05) is 62.4 Å². The fourth-order valence-electron chi connectivity index (χ4n) is 2.80. The maximum atomic E-state index is 4.72. The summed E-state index contributed by atoms with van der Waals surface area (Å²) in [6.45, 7) is 7.88. The molecule has 27 heavy (non-hydrogen) atoms. The van der Waals surface area contributed by atoms with Gasteiger partial charge in [-0.25, -0.2) is 0 Å². The first-order valence-corrected chi connectivity index (χ1v) is 8.60. The first kappa shape index (κ1) is 20.7. The Morgan fingerprint density at radius 3 is 1.37 bits per heavy atom. The van der Waals surface area contributed by atoms with Crippen LogP contribution in [0.4, 0.5) is 22.7 Å². The number of nitrogens with zero attached hydrogens (tertiary/aromatic N) is 4. The number of hydrogen-bond donors (Lipinski definition) is 0. The molecular weight excluding hydrogens is 379 g/mol. The van der Waals surface area contributed by atoms with E-state index in [2.05, 4.69) is 0 Å². The summed E-state index contributed by atoms with van der Waals surface area (Å²) in [5.41, 5.74) is 6.88. The third-order valence-electron chi connectivity index (χ3n) is 3.79. The molecule has 1 aliphatic heterocycles. The molecule has 0 radical (unpaired) electrons. The molecule has 0 fully saturated rings. The van der Waals surface area contributed by atoms with Crippen LogP contribution in [-0.4, -0.2) is 11.4 Å². The van der Waals surface area contributed by atoms with E-state index in [4.69, 9.17) is 20.6 Å². The summed E-state index contributed by atoms with van der Waals surface area (Å²) in [4.78, 5) is 9.43. The van der Waals surface area contributed by atoms with Crippen LogP contribution in [0.15, 0.2) is 82.1 Å². The van der Waals surface area contributed by atoms with E-state index in [9.17, 15) is 0 Å². The standard InChI is InChI=1S/C22H22N4.Ni/c1-15-13-16(2)24-21-11-7-8-12-22(21)26-18(4)14-17(3)25-20-10-6-5-9-19(20)23-15;/h5-14H,1-4H3;/q-2;+2/b15-13-,18-14-,24-16?,25-17?;. The molecule has 1 aliphatic rings. The van der Waals surface area contributed by atoms with Crippen LogP contribution in [-0.2, 0) is 16.5 Å². The molecule has 1 heterocycles. The first-order chi connectivity index (χ1) is 12.5. The molecule has 0 spiro atoms. The van der Waals surface area contributed by atoms with Crippen molar-refractivity contribution >= 4 is 34.2 Å². The molecule has 0 saturated heterocycles. The summed E-state index contributed by atoms with van der Waals surface area (Å²) in [5.74, 6) is 0. The van der Waals surface area contributed by atoms with E-state index >= 15 is 0 Å². The van der Waals surface area contributed by atoms with Crippen LogP contribution in [0, 0.1) is 0 Å². The molecule has 0 amide bonds. The van der Waals surface area contributed by atoms with Crippen LogP contribution in [0.2, 0.25) is 0 Å². The van der Waals surface area contributed by atoms with Crippen LogP contribution >= 0.6 is 0 Å². The third-order valence-corrected chi connectivity index (χ3v) is 3.79. The van der Waals surface area contributed by atoms with E-state index in [0.29, 0.717) is 0 Å². The smallest absolute Gasteiger partial charge is 0.660 e. The van der Waals surface area contributed by atoms with Gasteiger partial charge in [-0.15, -0.1) is 11.4 Å². The van der Waals surface area contributed by atoms with Gasteiger partial charge in [0.1, 0.15) is 0 Å². The van der Waals surface area contributed by atoms with Gasteiger partial charge in [0.05, 0.1) is 0 Å². The molecule has 4 nitrogen and oxygen atoms in total. The minimum absolute atomic E-state index is 0. The van der Waals surface area contributed by atoms with Gasteiger partial charge in [0, 0.05) is 22.8 Å². The van der Waals surface area contributed by atoms with Gasteiger partial charge >= 0.3 is 16.5 Å². The van der Waals surface area contributed by atoms with Crippen molar-refractivity contribution in [3.8, 4) is 0 Å². The summed E-state index contributed by atoms with van der Waals surface area (Å²) >= 11 is 0. The van der Waals surface area contributed by atoms with Crippen molar-refractivity contribution in [2.24, 2.45) is 9.98 Å². The second kappa shape index (κ2) is 9.34. The molecule has 0 saturated carbocycles. The third kappa shape index (κ3) is 5.67. The monoisotopic (exact) mass is 400 g/mol. The van der Waals surface area contributed by atoms with Gasteiger partial charge < -0.3 is 10.6 Å². The maximum absolute atomic E-state index is 4.72. The van der Waals surface area contributed by atoms with Crippen LogP contribution in [0.1, 0.15) is 27.7 Å². The Bertz CT molecular complexity index is 861. The van der Waals surface area contributed by atoms with E-state index in [-0.39, 0.29) is 16.5 Å². The van der Waals surface area contributed by atoms with Gasteiger partial charge in [0.25, 0.3) is 0 Å². The number of para-hydroxylation sites is 4. The average molecular weight is 401 g/mol. The van der Waals surface area contributed by atoms with E-state index in [1.54, 1.807) is 0 Å². The minimum atomic E-state index is 0. The van der Waals surface area contributed by atoms with Gasteiger partial charge in [0.15, 0.2) is 0 Å². The fourth-order valence-corrected chi connectivity index (χ4v) is 2.80. The van der Waals surface area contributed by atoms with Gasteiger partial charge in [0.2, 0.25) is 0 Å². The van der Waals surface area contributed by atoms with E-state index < -0.39 is 0 Å². The number of aliphatic imine (C=N–C) groups is 2. The van der Waals surface area contributed by atoms with Gasteiger partial charge in [-0.05, 0) is 26.0 Å². The Kier molecular flexibility index (Phi) is 7.15. The Hall–Kier alpha value is -2.65. The first-order valence-electron chi connectivity index (χ1n) is 8.60. The molecule has 5 heteroatoms. The zero-order valence-corrected chi connectivity index (χ0v) is 16.9. The molecule has 2 aromatic carbocycles. The van der Waals surface area contributed by atoms with Gasteiger partial charge in [-0.3, -0.25) is 9.98 Å². The largest absolute Gasteiger partial charge is 2.00 e. The molecule has 0 aromatic heterocycles. The number of hydrogen-bond acceptors (Lipinski definition) is 2. The summed E-state index contributed by atoms with van der Waals surface area (Å²) in [7, 11) is 0. The molecular formula is C22H22N4Ni. The maximum Gasteiger partial charge on any atom is 2.00 e. The topological polar surface area (TPSA) is 52.9 Å². The molecule has 140 valence electrons. The molecule has 0 atom stereocenters. The molecule has 3 rings (SSSR count). The van der Waals surface area contributed by atoms with Crippen molar-refractivity contribution < 1.29 is 16.5 Å². The molecule has 0 unspecified atom stereocenters. The quantitative estimate of drug-likeness (QED) is 0.413. The average Bonchev–Trinajstić information content (AvgIpc) is 2.57. The van der Waals surface area contributed by atoms with E-state index in [0.717, 1.165) is 45.6 Å². The van der Waals surface area contributed by atoms with Crippen LogP contribution < -0.4 is 0 Å². The normalized spacial score (nSPS) is 18.2. The molecule has 0 bridgehead atoms.